The number of ether oxygens (including phenoxy) is 9. The van der Waals surface area contributed by atoms with E-state index in [1.54, 1.807) is 31.2 Å². The van der Waals surface area contributed by atoms with Gasteiger partial charge in [-0.2, -0.15) is 0 Å². The molecule has 0 saturated carbocycles. The van der Waals surface area contributed by atoms with E-state index in [1.807, 2.05) is 36.4 Å². The Morgan fingerprint density at radius 3 is 1.91 bits per heavy atom. The van der Waals surface area contributed by atoms with E-state index in [0.717, 1.165) is 11.1 Å². The Morgan fingerprint density at radius 2 is 1.35 bits per heavy atom. The number of hydrogen-bond acceptors (Lipinski definition) is 13. The first kappa shape index (κ1) is 35.4. The number of aliphatic hydroxyl groups excluding tert-OH is 1. The largest absolute Gasteiger partial charge is 0.463 e. The molecule has 13 heteroatoms. The van der Waals surface area contributed by atoms with Gasteiger partial charge in [-0.1, -0.05) is 60.7 Å². The molecular weight excluding hydrogens is 604 g/mol. The molecule has 0 aromatic heterocycles. The lowest BCUT2D eigenvalue weighted by molar-refractivity contribution is -0.343. The molecule has 2 aromatic carbocycles. The minimum atomic E-state index is -1.59. The fourth-order valence-electron chi connectivity index (χ4n) is 5.54. The van der Waals surface area contributed by atoms with E-state index in [-0.39, 0.29) is 19.8 Å². The van der Waals surface area contributed by atoms with Gasteiger partial charge >= 0.3 is 17.9 Å². The Kier molecular flexibility index (Phi) is 13.0. The molecule has 4 rings (SSSR count). The summed E-state index contributed by atoms with van der Waals surface area (Å²) in [4.78, 5) is 37.2. The molecule has 4 unspecified atom stereocenters. The van der Waals surface area contributed by atoms with Crippen LogP contribution >= 0.6 is 0 Å². The summed E-state index contributed by atoms with van der Waals surface area (Å²) in [5, 5.41) is 11.1. The van der Waals surface area contributed by atoms with Crippen LogP contribution in [0.25, 0.3) is 0 Å². The highest BCUT2D eigenvalue weighted by Crippen LogP contribution is 2.34. The number of carbonyl (C=O) groups excluding carboxylic acids is 3. The number of rotatable bonds is 13. The number of hydrogen-bond donors (Lipinski definition) is 1. The Balaban J connectivity index is 1.61. The zero-order valence-electron chi connectivity index (χ0n) is 26.5. The summed E-state index contributed by atoms with van der Waals surface area (Å²) in [5.41, 5.74) is 1.64. The van der Waals surface area contributed by atoms with E-state index < -0.39 is 79.1 Å². The van der Waals surface area contributed by atoms with Crippen molar-refractivity contribution >= 4 is 17.9 Å². The normalized spacial score (nSPS) is 31.1. The van der Waals surface area contributed by atoms with Crippen LogP contribution in [0.5, 0.6) is 0 Å². The summed E-state index contributed by atoms with van der Waals surface area (Å²) in [7, 11) is 2.76. The molecule has 2 heterocycles. The van der Waals surface area contributed by atoms with Gasteiger partial charge < -0.3 is 47.7 Å². The average molecular weight is 647 g/mol. The molecule has 0 spiro atoms. The van der Waals surface area contributed by atoms with E-state index in [2.05, 4.69) is 0 Å². The van der Waals surface area contributed by atoms with E-state index in [0.29, 0.717) is 0 Å². The van der Waals surface area contributed by atoms with Crippen LogP contribution < -0.4 is 0 Å². The Hall–Kier alpha value is -3.43. The summed E-state index contributed by atoms with van der Waals surface area (Å²) in [5.74, 6) is -2.13. The quantitative estimate of drug-likeness (QED) is 0.250. The fraction of sp³-hybridized carbons (Fsp3) is 0.545. The first-order valence-electron chi connectivity index (χ1n) is 15.0. The zero-order chi connectivity index (χ0) is 33.2. The Labute approximate surface area is 267 Å². The molecule has 46 heavy (non-hydrogen) atoms. The third-order valence-electron chi connectivity index (χ3n) is 7.72. The molecule has 13 nitrogen and oxygen atoms in total. The topological polar surface area (TPSA) is 155 Å². The molecule has 2 fully saturated rings. The van der Waals surface area contributed by atoms with Gasteiger partial charge in [0.2, 0.25) is 0 Å². The Morgan fingerprint density at radius 1 is 0.739 bits per heavy atom. The van der Waals surface area contributed by atoms with Crippen LogP contribution in [0.15, 0.2) is 60.7 Å². The van der Waals surface area contributed by atoms with Crippen LogP contribution in [0.1, 0.15) is 31.9 Å². The van der Waals surface area contributed by atoms with Crippen molar-refractivity contribution in [2.75, 3.05) is 20.8 Å². The van der Waals surface area contributed by atoms with E-state index >= 15 is 0 Å². The molecule has 2 aliphatic rings. The molecule has 252 valence electrons. The highest BCUT2D eigenvalue weighted by Gasteiger charge is 2.55. The van der Waals surface area contributed by atoms with Crippen LogP contribution in [0.2, 0.25) is 0 Å². The third-order valence-corrected chi connectivity index (χ3v) is 7.72. The molecule has 0 bridgehead atoms. The van der Waals surface area contributed by atoms with Crippen molar-refractivity contribution < 1.29 is 62.1 Å². The number of esters is 3. The van der Waals surface area contributed by atoms with Crippen LogP contribution in [-0.4, -0.2) is 105 Å². The summed E-state index contributed by atoms with van der Waals surface area (Å²) in [6, 6.07) is 18.5. The molecule has 0 radical (unpaired) electrons. The van der Waals surface area contributed by atoms with Crippen molar-refractivity contribution in [1.29, 1.82) is 0 Å². The maximum absolute atomic E-state index is 13.2. The molecule has 2 aromatic rings. The number of aliphatic hydroxyl groups is 1. The first-order valence-corrected chi connectivity index (χ1v) is 15.0. The monoisotopic (exact) mass is 646 g/mol. The van der Waals surface area contributed by atoms with Gasteiger partial charge in [-0.3, -0.25) is 9.59 Å². The van der Waals surface area contributed by atoms with Gasteiger partial charge in [0.1, 0.15) is 49.8 Å². The summed E-state index contributed by atoms with van der Waals surface area (Å²) >= 11 is 0. The van der Waals surface area contributed by atoms with Gasteiger partial charge in [0, 0.05) is 28.1 Å². The average Bonchev–Trinajstić information content (AvgIpc) is 3.04. The number of benzene rings is 2. The zero-order valence-corrected chi connectivity index (χ0v) is 26.5. The smallest absolute Gasteiger partial charge is 0.338 e. The minimum absolute atomic E-state index is 0.0756. The van der Waals surface area contributed by atoms with Gasteiger partial charge in [0.05, 0.1) is 12.7 Å². The minimum Gasteiger partial charge on any atom is -0.463 e. The van der Waals surface area contributed by atoms with Crippen molar-refractivity contribution in [2.45, 2.75) is 95.2 Å². The van der Waals surface area contributed by atoms with Crippen LogP contribution in [-0.2, 0) is 70.2 Å². The molecule has 1 N–H and O–H groups in total. The molecular formula is C33H42O13. The molecule has 0 amide bonds. The van der Waals surface area contributed by atoms with Crippen molar-refractivity contribution in [3.05, 3.63) is 71.8 Å². The second-order valence-electron chi connectivity index (χ2n) is 11.0. The predicted molar refractivity (Wildman–Crippen MR) is 159 cm³/mol. The fourth-order valence-corrected chi connectivity index (χ4v) is 5.54. The molecule has 10 atom stereocenters. The van der Waals surface area contributed by atoms with Crippen molar-refractivity contribution in [3.63, 3.8) is 0 Å². The van der Waals surface area contributed by atoms with Gasteiger partial charge in [-0.05, 0) is 18.1 Å². The second-order valence-corrected chi connectivity index (χ2v) is 11.0. The van der Waals surface area contributed by atoms with Crippen LogP contribution in [0.3, 0.4) is 0 Å². The van der Waals surface area contributed by atoms with Gasteiger partial charge in [-0.15, -0.1) is 0 Å². The molecule has 2 saturated heterocycles. The van der Waals surface area contributed by atoms with E-state index in [1.165, 1.54) is 28.1 Å². The summed E-state index contributed by atoms with van der Waals surface area (Å²) in [6.07, 6.45) is -11.2. The molecule has 0 aliphatic carbocycles. The standard InChI is InChI=1S/C33H42O13/c1-19-26(41-16-22-12-8-6-9-13-22)30(39-5)27(24(43-19)18-40-20(2)34)45-33-31(44-21(3)35)28(38-4)25(36)29(46-33)32(37)42-17-23-14-10-7-11-15-23/h6-15,19,24-31,33,36H,16-18H2,1-5H3/t19-,24+,25+,26?,27-,28+,29?,30?,31?,33-/m1/s1. The second kappa shape index (κ2) is 16.9. The highest BCUT2D eigenvalue weighted by molar-refractivity contribution is 5.76. The highest BCUT2D eigenvalue weighted by atomic mass is 16.7. The number of carbonyl (C=O) groups is 3. The molecule has 2 aliphatic heterocycles. The van der Waals surface area contributed by atoms with Crippen molar-refractivity contribution in [1.82, 2.24) is 0 Å². The lowest BCUT2D eigenvalue weighted by Crippen LogP contribution is -2.66. The third kappa shape index (κ3) is 9.10. The van der Waals surface area contributed by atoms with Crippen LogP contribution in [0.4, 0.5) is 0 Å². The SMILES string of the molecule is COC1C(OCc2ccccc2)[C@@H](C)O[C@@H](COC(C)=O)[C@H]1O[C@@H]1OC(C(=O)OCc2ccccc2)[C@@H](O)[C@H](OC)C1OC(C)=O. The summed E-state index contributed by atoms with van der Waals surface area (Å²) < 4.78 is 52.6. The maximum Gasteiger partial charge on any atom is 0.338 e. The van der Waals surface area contributed by atoms with Crippen molar-refractivity contribution in [3.8, 4) is 0 Å². The predicted octanol–water partition coefficient (Wildman–Crippen LogP) is 2.10. The lowest BCUT2D eigenvalue weighted by atomic mass is 9.94. The summed E-state index contributed by atoms with van der Waals surface area (Å²) in [6.45, 7) is 4.19. The van der Waals surface area contributed by atoms with E-state index in [9.17, 15) is 19.5 Å². The lowest BCUT2D eigenvalue weighted by Gasteiger charge is -2.48. The maximum atomic E-state index is 13.2. The van der Waals surface area contributed by atoms with Gasteiger partial charge in [0.25, 0.3) is 0 Å². The van der Waals surface area contributed by atoms with Gasteiger partial charge in [-0.25, -0.2) is 4.79 Å². The van der Waals surface area contributed by atoms with Crippen LogP contribution in [0, 0.1) is 0 Å². The van der Waals surface area contributed by atoms with Gasteiger partial charge in [0.15, 0.2) is 18.5 Å². The van der Waals surface area contributed by atoms with E-state index in [4.69, 9.17) is 42.6 Å². The first-order chi connectivity index (χ1) is 22.1. The Bertz CT molecular complexity index is 1260. The number of methoxy groups -OCH3 is 2. The van der Waals surface area contributed by atoms with Crippen molar-refractivity contribution in [2.24, 2.45) is 0 Å².